The molecule has 1 heterocycles. The van der Waals surface area contributed by atoms with Gasteiger partial charge in [-0.15, -0.1) is 0 Å². The van der Waals surface area contributed by atoms with Gasteiger partial charge in [0.05, 0.1) is 23.2 Å². The Hall–Kier alpha value is -0.560. The first-order valence-corrected chi connectivity index (χ1v) is 6.94. The van der Waals surface area contributed by atoms with Crippen molar-refractivity contribution in [2.45, 2.75) is 12.1 Å². The van der Waals surface area contributed by atoms with Gasteiger partial charge >= 0.3 is 0 Å². The molecule has 19 heavy (non-hydrogen) atoms. The van der Waals surface area contributed by atoms with Gasteiger partial charge in [0, 0.05) is 18.7 Å². The van der Waals surface area contributed by atoms with Gasteiger partial charge in [0.25, 0.3) is 0 Å². The minimum Gasteiger partial charge on any atom is -0.374 e. The molecule has 1 saturated heterocycles. The van der Waals surface area contributed by atoms with E-state index in [1.165, 1.54) is 12.1 Å². The van der Waals surface area contributed by atoms with E-state index in [0.29, 0.717) is 13.2 Å². The number of morpholine rings is 1. The van der Waals surface area contributed by atoms with Gasteiger partial charge in [0.2, 0.25) is 0 Å². The van der Waals surface area contributed by atoms with Gasteiger partial charge in [-0.05, 0) is 42.2 Å². The Morgan fingerprint density at radius 1 is 1.47 bits per heavy atom. The fourth-order valence-corrected chi connectivity index (χ4v) is 2.70. The summed E-state index contributed by atoms with van der Waals surface area (Å²) in [5, 5.41) is 2.97. The monoisotopic (exact) mass is 334 g/mol. The van der Waals surface area contributed by atoms with Crippen LogP contribution in [0.4, 0.5) is 8.78 Å². The normalized spacial score (nSPS) is 22.5. The van der Waals surface area contributed by atoms with Crippen LogP contribution in [0.15, 0.2) is 16.6 Å². The number of nitrogens with zero attached hydrogens (tertiary/aromatic N) is 1. The lowest BCUT2D eigenvalue weighted by Gasteiger charge is -2.35. The second-order valence-electron chi connectivity index (χ2n) is 4.69. The fourth-order valence-electron chi connectivity index (χ4n) is 2.36. The second kappa shape index (κ2) is 6.26. The van der Waals surface area contributed by atoms with E-state index in [1.807, 2.05) is 7.05 Å². The molecule has 1 fully saturated rings. The molecule has 1 aromatic rings. The van der Waals surface area contributed by atoms with Gasteiger partial charge in [-0.1, -0.05) is 0 Å². The molecular formula is C13H17BrF2N2O. The number of rotatable bonds is 3. The Morgan fingerprint density at radius 3 is 2.84 bits per heavy atom. The van der Waals surface area contributed by atoms with Crippen molar-refractivity contribution in [1.29, 1.82) is 0 Å². The number of benzene rings is 1. The molecule has 0 amide bonds. The molecule has 106 valence electrons. The van der Waals surface area contributed by atoms with Crippen molar-refractivity contribution in [3.63, 3.8) is 0 Å². The topological polar surface area (TPSA) is 24.5 Å². The van der Waals surface area contributed by atoms with Crippen molar-refractivity contribution in [3.8, 4) is 0 Å². The molecule has 3 nitrogen and oxygen atoms in total. The number of halogens is 3. The Morgan fingerprint density at radius 2 is 2.21 bits per heavy atom. The van der Waals surface area contributed by atoms with Crippen molar-refractivity contribution < 1.29 is 13.5 Å². The van der Waals surface area contributed by atoms with Crippen molar-refractivity contribution in [2.24, 2.45) is 0 Å². The van der Waals surface area contributed by atoms with Crippen LogP contribution >= 0.6 is 15.9 Å². The fraction of sp³-hybridized carbons (Fsp3) is 0.538. The highest BCUT2D eigenvalue weighted by Crippen LogP contribution is 2.30. The first-order valence-electron chi connectivity index (χ1n) is 6.15. The standard InChI is InChI=1S/C13H17BrF2N2O/c1-17-13(10-7-18(2)5-6-19-10)11-9(15)4-3-8(14)12(11)16/h3-4,10,13,17H,5-7H2,1-2H3. The minimum absolute atomic E-state index is 0.0252. The lowest BCUT2D eigenvalue weighted by molar-refractivity contribution is -0.0391. The molecule has 0 radical (unpaired) electrons. The highest BCUT2D eigenvalue weighted by atomic mass is 79.9. The van der Waals surface area contributed by atoms with Crippen LogP contribution in [0.25, 0.3) is 0 Å². The lowest BCUT2D eigenvalue weighted by Crippen LogP contribution is -2.46. The molecule has 0 aliphatic carbocycles. The van der Waals surface area contributed by atoms with Gasteiger partial charge in [0.1, 0.15) is 11.6 Å². The summed E-state index contributed by atoms with van der Waals surface area (Å²) in [6, 6.07) is 2.12. The molecule has 1 aliphatic heterocycles. The van der Waals surface area contributed by atoms with Crippen LogP contribution in [-0.2, 0) is 4.74 Å². The molecule has 1 N–H and O–H groups in total. The number of likely N-dealkylation sites (N-methyl/N-ethyl adjacent to an activating group) is 2. The van der Waals surface area contributed by atoms with E-state index >= 15 is 0 Å². The van der Waals surface area contributed by atoms with E-state index in [2.05, 4.69) is 26.1 Å². The van der Waals surface area contributed by atoms with E-state index in [0.717, 1.165) is 6.54 Å². The van der Waals surface area contributed by atoms with Crippen LogP contribution in [0.1, 0.15) is 11.6 Å². The molecule has 2 atom stereocenters. The van der Waals surface area contributed by atoms with E-state index in [1.54, 1.807) is 7.05 Å². The molecule has 2 unspecified atom stereocenters. The quantitative estimate of drug-likeness (QED) is 0.858. The van der Waals surface area contributed by atoms with Gasteiger partial charge in [-0.25, -0.2) is 8.78 Å². The van der Waals surface area contributed by atoms with Crippen LogP contribution in [0.2, 0.25) is 0 Å². The SMILES string of the molecule is CNC(c1c(F)ccc(Br)c1F)C1CN(C)CCO1. The summed E-state index contributed by atoms with van der Waals surface area (Å²) in [6.07, 6.45) is -0.276. The van der Waals surface area contributed by atoms with Crippen molar-refractivity contribution in [2.75, 3.05) is 33.8 Å². The maximum absolute atomic E-state index is 14.2. The number of ether oxygens (including phenoxy) is 1. The molecule has 0 aromatic heterocycles. The van der Waals surface area contributed by atoms with Crippen molar-refractivity contribution in [1.82, 2.24) is 10.2 Å². The Bertz CT molecular complexity index is 459. The van der Waals surface area contributed by atoms with E-state index in [-0.39, 0.29) is 16.1 Å². The third-order valence-corrected chi connectivity index (χ3v) is 3.98. The van der Waals surface area contributed by atoms with E-state index in [9.17, 15) is 8.78 Å². The lowest BCUT2D eigenvalue weighted by atomic mass is 9.99. The third-order valence-electron chi connectivity index (χ3n) is 3.37. The summed E-state index contributed by atoms with van der Waals surface area (Å²) in [5.41, 5.74) is 0.0252. The molecule has 0 spiro atoms. The van der Waals surface area contributed by atoms with Gasteiger partial charge < -0.3 is 15.0 Å². The highest BCUT2D eigenvalue weighted by Gasteiger charge is 2.31. The predicted molar refractivity (Wildman–Crippen MR) is 73.1 cm³/mol. The van der Waals surface area contributed by atoms with Crippen molar-refractivity contribution in [3.05, 3.63) is 33.8 Å². The molecule has 2 rings (SSSR count). The Labute approximate surface area is 120 Å². The second-order valence-corrected chi connectivity index (χ2v) is 5.55. The number of hydrogen-bond acceptors (Lipinski definition) is 3. The smallest absolute Gasteiger partial charge is 0.145 e. The van der Waals surface area contributed by atoms with E-state index in [4.69, 9.17) is 4.74 Å². The maximum atomic E-state index is 14.2. The minimum atomic E-state index is -0.573. The van der Waals surface area contributed by atoms with Crippen molar-refractivity contribution >= 4 is 15.9 Å². The molecule has 0 saturated carbocycles. The first-order chi connectivity index (χ1) is 9.04. The van der Waals surface area contributed by atoms with Gasteiger partial charge in [-0.3, -0.25) is 0 Å². The summed E-state index contributed by atoms with van der Waals surface area (Å²) in [5.74, 6) is -1.13. The average molecular weight is 335 g/mol. The summed E-state index contributed by atoms with van der Waals surface area (Å²) in [4.78, 5) is 2.09. The summed E-state index contributed by atoms with van der Waals surface area (Å²) in [7, 11) is 3.65. The zero-order valence-corrected chi connectivity index (χ0v) is 12.5. The number of nitrogens with one attached hydrogen (secondary N) is 1. The first kappa shape index (κ1) is 14.8. The predicted octanol–water partition coefficient (Wildman–Crippen LogP) is 2.32. The Kier molecular flexibility index (Phi) is 4.89. The number of hydrogen-bond donors (Lipinski definition) is 1. The van der Waals surface area contributed by atoms with E-state index < -0.39 is 17.7 Å². The zero-order valence-electron chi connectivity index (χ0n) is 10.9. The largest absolute Gasteiger partial charge is 0.374 e. The molecule has 0 bridgehead atoms. The summed E-state index contributed by atoms with van der Waals surface area (Å²) >= 11 is 3.09. The van der Waals surface area contributed by atoms with Crippen LogP contribution in [-0.4, -0.2) is 44.8 Å². The molecule has 1 aromatic carbocycles. The Balaban J connectivity index is 2.34. The zero-order chi connectivity index (χ0) is 14.0. The van der Waals surface area contributed by atoms with Gasteiger partial charge in [-0.2, -0.15) is 0 Å². The van der Waals surface area contributed by atoms with Gasteiger partial charge in [0.15, 0.2) is 0 Å². The van der Waals surface area contributed by atoms with Crippen LogP contribution in [0, 0.1) is 11.6 Å². The highest BCUT2D eigenvalue weighted by molar-refractivity contribution is 9.10. The summed E-state index contributed by atoms with van der Waals surface area (Å²) < 4.78 is 34.0. The maximum Gasteiger partial charge on any atom is 0.145 e. The molecule has 1 aliphatic rings. The third kappa shape index (κ3) is 3.13. The summed E-state index contributed by atoms with van der Waals surface area (Å²) in [6.45, 7) is 2.03. The van der Waals surface area contributed by atoms with Crippen LogP contribution in [0.3, 0.4) is 0 Å². The molecular weight excluding hydrogens is 318 g/mol. The average Bonchev–Trinajstić information content (AvgIpc) is 2.39. The van der Waals surface area contributed by atoms with Crippen LogP contribution in [0.5, 0.6) is 0 Å². The molecule has 6 heteroatoms. The van der Waals surface area contributed by atoms with Crippen LogP contribution < -0.4 is 5.32 Å².